The summed E-state index contributed by atoms with van der Waals surface area (Å²) in [4.78, 5) is 150. The quantitative estimate of drug-likeness (QED) is 0.0527. The largest absolute Gasteiger partial charge is 0.504 e. The van der Waals surface area contributed by atoms with Gasteiger partial charge in [-0.1, -0.05) is 0 Å². The molecule has 0 unspecified atom stereocenters. The van der Waals surface area contributed by atoms with E-state index in [9.17, 15) is 172 Å². The summed E-state index contributed by atoms with van der Waals surface area (Å²) in [6, 6.07) is 3.99. The predicted octanol–water partition coefficient (Wildman–Crippen LogP) is 3.71. The summed E-state index contributed by atoms with van der Waals surface area (Å²) in [6.45, 7) is -3.20. The van der Waals surface area contributed by atoms with Crippen molar-refractivity contribution in [1.29, 1.82) is 0 Å². The van der Waals surface area contributed by atoms with Gasteiger partial charge in [-0.2, -0.15) is 0 Å². The molecule has 5 heterocycles. The second-order valence-corrected chi connectivity index (χ2v) is 29.0. The number of phenols is 29. The van der Waals surface area contributed by atoms with Gasteiger partial charge in [-0.25, -0.2) is 47.9 Å². The molecule has 2 fully saturated rings. The molecule has 5 aliphatic rings. The second-order valence-electron chi connectivity index (χ2n) is 29.0. The molecule has 5 aliphatic heterocycles. The SMILES string of the molecule is O=C(O[C@@H]1O[C@@H]2COC(=O)c3cc(O)c(O)c(O)c3-c3c(O)c(O)c(O)c(Oc4cc(C(=O)O[C@@H]5O[C@@H]6COC(=O)c7cc(O)c(O)c(O)c7-c7c(cc(O)c(O)c7O)C(=O)O[C@H]6[C@@H]6OC(=O)c7cc(O)c(O)c(O)c7-c7c(cc(O)c(O)c7O)C(=O)O[C@@H]56)cc(O)c4O)c3C(=O)O[C@H]2[C@H](OC(=O)c2cc(O)c(O)c(O)c2)[C@H]1OC(=O)c1cc(O)c(O)c(O)c1)c1cc(O)c(O)c(O)c1. The number of carbonyl (C=O) groups excluding carboxylic acids is 10. The molecule has 10 aromatic carbocycles. The highest BCUT2D eigenvalue weighted by atomic mass is 16.8. The van der Waals surface area contributed by atoms with Crippen LogP contribution in [-0.4, -0.2) is 282 Å². The Morgan fingerprint density at radius 1 is 0.239 bits per heavy atom. The number of cyclic esters (lactones) is 2. The topological polar surface area (TPSA) is 877 Å². The number of hydrogen-bond donors (Lipinski definition) is 29. The van der Waals surface area contributed by atoms with Gasteiger partial charge in [-0.05, 0) is 78.9 Å². The Kier molecular flexibility index (Phi) is 22.0. The van der Waals surface area contributed by atoms with E-state index in [0.717, 1.165) is 0 Å². The Morgan fingerprint density at radius 3 is 0.896 bits per heavy atom. The smallest absolute Gasteiger partial charge is 0.343 e. The van der Waals surface area contributed by atoms with Gasteiger partial charge in [0.25, 0.3) is 0 Å². The maximum atomic E-state index is 16.1. The van der Waals surface area contributed by atoms with Crippen molar-refractivity contribution >= 4 is 59.7 Å². The lowest BCUT2D eigenvalue weighted by molar-refractivity contribution is -0.282. The average molecular weight is 1870 g/mol. The number of hydrogen-bond acceptors (Lipinski definition) is 52. The summed E-state index contributed by atoms with van der Waals surface area (Å²) in [5.74, 6) is -68.6. The second kappa shape index (κ2) is 32.9. The van der Waals surface area contributed by atoms with Gasteiger partial charge >= 0.3 is 59.7 Å². The number of phenolic OH excluding ortho intramolecular Hbond substituents is 29. The minimum atomic E-state index is -3.05. The number of ether oxygens (including phenoxy) is 13. The highest BCUT2D eigenvalue weighted by Gasteiger charge is 2.59. The Labute approximate surface area is 735 Å². The normalized spacial score (nSPS) is 19.6. The minimum absolute atomic E-state index is 0.170. The van der Waals surface area contributed by atoms with Crippen LogP contribution in [0, 0.1) is 0 Å². The number of rotatable bonds is 10. The van der Waals surface area contributed by atoms with Crippen LogP contribution in [0.3, 0.4) is 0 Å². The molecule has 52 nitrogen and oxygen atoms in total. The molecule has 0 bridgehead atoms. The molecular weight excluding hydrogens is 1820 g/mol. The summed E-state index contributed by atoms with van der Waals surface area (Å²) in [5.41, 5.74) is -21.3. The molecule has 2 saturated heterocycles. The first-order valence-electron chi connectivity index (χ1n) is 37.1. The number of carbonyl (C=O) groups is 10. The molecule has 0 radical (unpaired) electrons. The van der Waals surface area contributed by atoms with Crippen molar-refractivity contribution in [1.82, 2.24) is 0 Å². The molecule has 696 valence electrons. The zero-order chi connectivity index (χ0) is 97.5. The van der Waals surface area contributed by atoms with E-state index in [4.69, 9.17) is 61.6 Å². The van der Waals surface area contributed by atoms with Crippen LogP contribution in [0.15, 0.2) is 78.9 Å². The zero-order valence-corrected chi connectivity index (χ0v) is 65.6. The van der Waals surface area contributed by atoms with Gasteiger partial charge < -0.3 is 210 Å². The van der Waals surface area contributed by atoms with Crippen LogP contribution in [0.25, 0.3) is 33.4 Å². The van der Waals surface area contributed by atoms with Crippen molar-refractivity contribution in [3.63, 3.8) is 0 Å². The molecule has 134 heavy (non-hydrogen) atoms. The lowest BCUT2D eigenvalue weighted by Crippen LogP contribution is -2.63. The number of benzene rings is 10. The van der Waals surface area contributed by atoms with Crippen LogP contribution < -0.4 is 4.74 Å². The van der Waals surface area contributed by atoms with E-state index in [1.807, 2.05) is 0 Å². The van der Waals surface area contributed by atoms with Crippen LogP contribution in [0.2, 0.25) is 0 Å². The van der Waals surface area contributed by atoms with Crippen LogP contribution in [0.4, 0.5) is 0 Å². The van der Waals surface area contributed by atoms with Gasteiger partial charge in [0, 0.05) is 27.8 Å². The predicted molar refractivity (Wildman–Crippen MR) is 414 cm³/mol. The Balaban J connectivity index is 0.887. The fourth-order valence-corrected chi connectivity index (χ4v) is 14.5. The molecule has 0 saturated carbocycles. The van der Waals surface area contributed by atoms with Crippen LogP contribution in [0.5, 0.6) is 178 Å². The van der Waals surface area contributed by atoms with Gasteiger partial charge in [0.15, 0.2) is 157 Å². The van der Waals surface area contributed by atoms with E-state index in [2.05, 4.69) is 0 Å². The first kappa shape index (κ1) is 89.6. The summed E-state index contributed by atoms with van der Waals surface area (Å²) in [7, 11) is 0. The Morgan fingerprint density at radius 2 is 0.515 bits per heavy atom. The van der Waals surface area contributed by atoms with Crippen LogP contribution in [-0.2, 0) is 56.8 Å². The van der Waals surface area contributed by atoms with Crippen molar-refractivity contribution < 1.29 is 258 Å². The molecule has 29 N–H and O–H groups in total. The molecule has 10 aromatic rings. The van der Waals surface area contributed by atoms with Crippen LogP contribution in [0.1, 0.15) is 104 Å². The fraction of sp³-hybridized carbons (Fsp3) is 0.146. The molecule has 0 aromatic heterocycles. The molecule has 0 amide bonds. The van der Waals surface area contributed by atoms with Gasteiger partial charge in [0.05, 0.1) is 55.6 Å². The maximum absolute atomic E-state index is 16.1. The molecule has 52 heteroatoms. The van der Waals surface area contributed by atoms with Crippen molar-refractivity contribution in [2.75, 3.05) is 13.2 Å². The third kappa shape index (κ3) is 15.0. The monoisotopic (exact) mass is 1870 g/mol. The summed E-state index contributed by atoms with van der Waals surface area (Å²) in [6.07, 6.45) is -28.8. The van der Waals surface area contributed by atoms with Crippen molar-refractivity contribution in [3.05, 3.63) is 134 Å². The summed E-state index contributed by atoms with van der Waals surface area (Å²) < 4.78 is 74.7. The lowest BCUT2D eigenvalue weighted by Gasteiger charge is -2.44. The summed E-state index contributed by atoms with van der Waals surface area (Å²) in [5, 5.41) is 320. The molecule has 0 aliphatic carbocycles. The fourth-order valence-electron chi connectivity index (χ4n) is 14.5. The first-order chi connectivity index (χ1) is 63.1. The van der Waals surface area contributed by atoms with Gasteiger partial charge in [-0.3, -0.25) is 0 Å². The Bertz CT molecular complexity index is 6800. The lowest BCUT2D eigenvalue weighted by atomic mass is 9.91. The van der Waals surface area contributed by atoms with Crippen molar-refractivity contribution in [2.24, 2.45) is 0 Å². The first-order valence-corrected chi connectivity index (χ1v) is 37.1. The third-order valence-corrected chi connectivity index (χ3v) is 21.0. The van der Waals surface area contributed by atoms with E-state index >= 15 is 24.0 Å². The Hall–Kier alpha value is -19.2. The zero-order valence-electron chi connectivity index (χ0n) is 65.6. The minimum Gasteiger partial charge on any atom is -0.504 e. The van der Waals surface area contributed by atoms with E-state index in [1.165, 1.54) is 0 Å². The maximum Gasteiger partial charge on any atom is 0.343 e. The highest BCUT2D eigenvalue weighted by molar-refractivity contribution is 6.13. The number of esters is 10. The van der Waals surface area contributed by atoms with Crippen molar-refractivity contribution in [2.45, 2.75) is 61.4 Å². The molecule has 10 atom stereocenters. The van der Waals surface area contributed by atoms with E-state index in [0.29, 0.717) is 42.5 Å². The van der Waals surface area contributed by atoms with E-state index < -0.39 is 402 Å². The number of fused-ring (bicyclic) bond motifs is 13. The van der Waals surface area contributed by atoms with E-state index in [-0.39, 0.29) is 36.4 Å². The molecular formula is C82H56O52. The van der Waals surface area contributed by atoms with Crippen LogP contribution >= 0.6 is 0 Å². The molecule has 0 spiro atoms. The average Bonchev–Trinajstić information content (AvgIpc) is 1.35. The van der Waals surface area contributed by atoms with E-state index in [1.54, 1.807) is 0 Å². The summed E-state index contributed by atoms with van der Waals surface area (Å²) >= 11 is 0. The molecule has 15 rings (SSSR count). The third-order valence-electron chi connectivity index (χ3n) is 21.0. The highest BCUT2D eigenvalue weighted by Crippen LogP contribution is 2.61. The number of aromatic hydroxyl groups is 29. The van der Waals surface area contributed by atoms with Gasteiger partial charge in [-0.15, -0.1) is 0 Å². The van der Waals surface area contributed by atoms with Gasteiger partial charge in [0.2, 0.25) is 70.8 Å². The van der Waals surface area contributed by atoms with Crippen molar-refractivity contribution in [3.8, 4) is 212 Å². The van der Waals surface area contributed by atoms with Gasteiger partial charge in [0.1, 0.15) is 31.0 Å². The standard InChI is InChI=1S/C82H56O52/c83-25-1-16(2-26(84)47(25)95)71(112)129-67-65-39(126-81(133-73(114)18-5-29(87)49(97)30(88)6-18)69(67)131-72(113)17-3-27(85)48(96)28(86)4-17)15-123-76(117)21-10-33(91)55(103)60(108)44(21)45-46(80(121)128-65)66(63(111)62(110)61(45)109)124-37-8-19(7-31(89)50(37)98)74(115)134-82-70-68(130-78(119)23-12-35(93)53(101)58(106)42(23)43-24(79(120)132-70)13-36(94)54(102)59(43)107)64-38(125-82)14-122-75(116)20-9-32(90)51(99)56(104)40(20)41-22(77(118)127-64)11-34(92)52(100)57(41)105/h1-13,38-39,64-65,67-70,81-111H,14-15H2/t38-,39-,64-,65-,67+,68+,69-,70-,81+,82+/m1/s1.